The zero-order chi connectivity index (χ0) is 21.5. The van der Waals surface area contributed by atoms with E-state index in [1.54, 1.807) is 5.06 Å². The molecule has 0 saturated carbocycles. The van der Waals surface area contributed by atoms with Crippen LogP contribution in [0.1, 0.15) is 29.7 Å². The fourth-order valence-corrected chi connectivity index (χ4v) is 4.45. The summed E-state index contributed by atoms with van der Waals surface area (Å²) in [5.74, 6) is -1.14. The third kappa shape index (κ3) is 3.22. The molecule has 5 nitrogen and oxygen atoms in total. The number of aryl methyl sites for hydroxylation is 2. The first-order valence-electron chi connectivity index (χ1n) is 10.6. The number of rotatable bonds is 4. The molecule has 3 unspecified atom stereocenters. The molecule has 0 bridgehead atoms. The highest BCUT2D eigenvalue weighted by Crippen LogP contribution is 2.47. The van der Waals surface area contributed by atoms with E-state index in [2.05, 4.69) is 6.92 Å². The molecule has 2 amide bonds. The van der Waals surface area contributed by atoms with Gasteiger partial charge in [0.25, 0.3) is 5.91 Å². The van der Waals surface area contributed by atoms with Crippen LogP contribution in [0, 0.1) is 12.8 Å². The van der Waals surface area contributed by atoms with Crippen LogP contribution in [0.2, 0.25) is 0 Å². The Kier molecular flexibility index (Phi) is 4.83. The van der Waals surface area contributed by atoms with Crippen molar-refractivity contribution >= 4 is 23.2 Å². The van der Waals surface area contributed by atoms with Crippen LogP contribution in [-0.2, 0) is 20.8 Å². The molecular weight excluding hydrogens is 388 g/mol. The molecule has 2 heterocycles. The number of hydroxylamine groups is 1. The standard InChI is InChI=1S/C26H24N2O3/c1-3-18-11-15-20(16-12-18)27-25(29)22-23(19-13-9-17(2)10-14-19)28(31-24(22)26(27)30)21-7-5-4-6-8-21/h4-16,22-24H,3H2,1-2H3. The molecule has 0 N–H and O–H groups in total. The van der Waals surface area contributed by atoms with E-state index in [9.17, 15) is 9.59 Å². The molecule has 2 aliphatic rings. The molecule has 2 aliphatic heterocycles. The summed E-state index contributed by atoms with van der Waals surface area (Å²) < 4.78 is 0. The second kappa shape index (κ2) is 7.67. The number of imide groups is 1. The minimum atomic E-state index is -0.843. The van der Waals surface area contributed by atoms with E-state index >= 15 is 0 Å². The lowest BCUT2D eigenvalue weighted by molar-refractivity contribution is -0.126. The van der Waals surface area contributed by atoms with E-state index in [-0.39, 0.29) is 17.9 Å². The largest absolute Gasteiger partial charge is 0.273 e. The molecule has 3 aromatic rings. The number of hydrogen-bond acceptors (Lipinski definition) is 4. The Morgan fingerprint density at radius 1 is 0.806 bits per heavy atom. The summed E-state index contributed by atoms with van der Waals surface area (Å²) in [6, 6.07) is 24.9. The van der Waals surface area contributed by atoms with Crippen molar-refractivity contribution in [2.45, 2.75) is 32.4 Å². The molecule has 2 fully saturated rings. The van der Waals surface area contributed by atoms with E-state index in [0.717, 1.165) is 28.8 Å². The van der Waals surface area contributed by atoms with Crippen LogP contribution >= 0.6 is 0 Å². The minimum absolute atomic E-state index is 0.219. The van der Waals surface area contributed by atoms with Gasteiger partial charge in [0.15, 0.2) is 6.10 Å². The van der Waals surface area contributed by atoms with Gasteiger partial charge in [-0.25, -0.2) is 9.96 Å². The number of carbonyl (C=O) groups is 2. The molecular formula is C26H24N2O3. The Morgan fingerprint density at radius 3 is 2.13 bits per heavy atom. The number of amides is 2. The summed E-state index contributed by atoms with van der Waals surface area (Å²) in [5.41, 5.74) is 4.66. The van der Waals surface area contributed by atoms with Gasteiger partial charge in [0, 0.05) is 0 Å². The molecule has 156 valence electrons. The number of benzene rings is 3. The summed E-state index contributed by atoms with van der Waals surface area (Å²) in [7, 11) is 0. The predicted molar refractivity (Wildman–Crippen MR) is 120 cm³/mol. The quantitative estimate of drug-likeness (QED) is 0.588. The van der Waals surface area contributed by atoms with E-state index in [4.69, 9.17) is 4.84 Å². The van der Waals surface area contributed by atoms with Gasteiger partial charge in [-0.15, -0.1) is 0 Å². The van der Waals surface area contributed by atoms with Crippen LogP contribution in [0.3, 0.4) is 0 Å². The average molecular weight is 412 g/mol. The smallest absolute Gasteiger partial charge is 0.266 e. The van der Waals surface area contributed by atoms with Crippen molar-refractivity contribution in [3.05, 3.63) is 95.6 Å². The molecule has 5 heteroatoms. The zero-order valence-electron chi connectivity index (χ0n) is 17.6. The molecule has 31 heavy (non-hydrogen) atoms. The van der Waals surface area contributed by atoms with E-state index in [1.165, 1.54) is 4.90 Å². The summed E-state index contributed by atoms with van der Waals surface area (Å²) in [5, 5.41) is 1.73. The Bertz CT molecular complexity index is 1110. The van der Waals surface area contributed by atoms with Crippen molar-refractivity contribution < 1.29 is 14.4 Å². The van der Waals surface area contributed by atoms with Crippen molar-refractivity contribution in [1.82, 2.24) is 0 Å². The average Bonchev–Trinajstić information content (AvgIpc) is 3.31. The maximum Gasteiger partial charge on any atom is 0.266 e. The van der Waals surface area contributed by atoms with Gasteiger partial charge in [-0.3, -0.25) is 14.4 Å². The third-order valence-corrected chi connectivity index (χ3v) is 6.15. The number of carbonyl (C=O) groups excluding carboxylic acids is 2. The summed E-state index contributed by atoms with van der Waals surface area (Å²) in [6.07, 6.45) is 0.0581. The van der Waals surface area contributed by atoms with Crippen molar-refractivity contribution in [2.24, 2.45) is 5.92 Å². The number of para-hydroxylation sites is 1. The van der Waals surface area contributed by atoms with Crippen LogP contribution in [0.5, 0.6) is 0 Å². The topological polar surface area (TPSA) is 49.9 Å². The lowest BCUT2D eigenvalue weighted by Gasteiger charge is -2.28. The molecule has 0 radical (unpaired) electrons. The van der Waals surface area contributed by atoms with Gasteiger partial charge < -0.3 is 0 Å². The SMILES string of the molecule is CCc1ccc(N2C(=O)C3ON(c4ccccc4)C(c4ccc(C)cc4)C3C2=O)cc1. The molecule has 0 aromatic heterocycles. The van der Waals surface area contributed by atoms with Crippen LogP contribution in [-0.4, -0.2) is 17.9 Å². The van der Waals surface area contributed by atoms with Crippen molar-refractivity contribution in [2.75, 3.05) is 9.96 Å². The van der Waals surface area contributed by atoms with E-state index in [1.807, 2.05) is 85.8 Å². The second-order valence-electron chi connectivity index (χ2n) is 8.10. The normalized spacial score (nSPS) is 22.8. The molecule has 0 spiro atoms. The van der Waals surface area contributed by atoms with E-state index in [0.29, 0.717) is 5.69 Å². The highest BCUT2D eigenvalue weighted by molar-refractivity contribution is 6.23. The second-order valence-corrected chi connectivity index (χ2v) is 8.10. The van der Waals surface area contributed by atoms with Crippen molar-refractivity contribution in [1.29, 1.82) is 0 Å². The van der Waals surface area contributed by atoms with Crippen LogP contribution in [0.15, 0.2) is 78.9 Å². The Balaban J connectivity index is 1.56. The zero-order valence-corrected chi connectivity index (χ0v) is 17.6. The van der Waals surface area contributed by atoms with Gasteiger partial charge in [-0.05, 0) is 48.7 Å². The van der Waals surface area contributed by atoms with E-state index < -0.39 is 12.0 Å². The van der Waals surface area contributed by atoms with Gasteiger partial charge in [0.2, 0.25) is 5.91 Å². The van der Waals surface area contributed by atoms with Crippen LogP contribution < -0.4 is 9.96 Å². The summed E-state index contributed by atoms with van der Waals surface area (Å²) >= 11 is 0. The van der Waals surface area contributed by atoms with Crippen molar-refractivity contribution in [3.63, 3.8) is 0 Å². The Hall–Kier alpha value is -3.44. The van der Waals surface area contributed by atoms with Gasteiger partial charge in [-0.1, -0.05) is 67.1 Å². The number of hydrogen-bond donors (Lipinski definition) is 0. The lowest BCUT2D eigenvalue weighted by atomic mass is 9.90. The van der Waals surface area contributed by atoms with Gasteiger partial charge >= 0.3 is 0 Å². The van der Waals surface area contributed by atoms with Crippen LogP contribution in [0.4, 0.5) is 11.4 Å². The maximum absolute atomic E-state index is 13.6. The first-order valence-corrected chi connectivity index (χ1v) is 10.6. The van der Waals surface area contributed by atoms with Crippen LogP contribution in [0.25, 0.3) is 0 Å². The number of fused-ring (bicyclic) bond motifs is 1. The first kappa shape index (κ1) is 19.5. The van der Waals surface area contributed by atoms with Gasteiger partial charge in [0.1, 0.15) is 5.92 Å². The molecule has 0 aliphatic carbocycles. The highest BCUT2D eigenvalue weighted by Gasteiger charge is 2.60. The minimum Gasteiger partial charge on any atom is -0.273 e. The Morgan fingerprint density at radius 2 is 1.48 bits per heavy atom. The highest BCUT2D eigenvalue weighted by atomic mass is 16.7. The lowest BCUT2D eigenvalue weighted by Crippen LogP contribution is -2.37. The first-order chi connectivity index (χ1) is 15.1. The third-order valence-electron chi connectivity index (χ3n) is 6.15. The molecule has 2 saturated heterocycles. The monoisotopic (exact) mass is 412 g/mol. The number of anilines is 2. The predicted octanol–water partition coefficient (Wildman–Crippen LogP) is 4.61. The summed E-state index contributed by atoms with van der Waals surface area (Å²) in [4.78, 5) is 34.4. The van der Waals surface area contributed by atoms with Gasteiger partial charge in [-0.2, -0.15) is 0 Å². The van der Waals surface area contributed by atoms with Gasteiger partial charge in [0.05, 0.1) is 17.4 Å². The maximum atomic E-state index is 13.6. The number of nitrogens with zero attached hydrogens (tertiary/aromatic N) is 2. The fourth-order valence-electron chi connectivity index (χ4n) is 4.45. The molecule has 3 aromatic carbocycles. The summed E-state index contributed by atoms with van der Waals surface area (Å²) in [6.45, 7) is 4.10. The molecule has 3 atom stereocenters. The Labute approximate surface area is 181 Å². The molecule has 5 rings (SSSR count). The van der Waals surface area contributed by atoms with Crippen molar-refractivity contribution in [3.8, 4) is 0 Å². The fraction of sp³-hybridized carbons (Fsp3) is 0.231.